The number of carbonyl (C=O) groups excluding carboxylic acids is 1. The second-order valence-electron chi connectivity index (χ2n) is 4.52. The molecule has 1 heterocycles. The normalized spacial score (nSPS) is 37.0. The Kier molecular flexibility index (Phi) is 2.64. The van der Waals surface area contributed by atoms with Crippen LogP contribution in [0.3, 0.4) is 0 Å². The first kappa shape index (κ1) is 10.8. The Morgan fingerprint density at radius 2 is 1.93 bits per heavy atom. The molecule has 2 fully saturated rings. The van der Waals surface area contributed by atoms with E-state index in [0.717, 1.165) is 0 Å². The van der Waals surface area contributed by atoms with Gasteiger partial charge in [-0.15, -0.1) is 0 Å². The van der Waals surface area contributed by atoms with Crippen molar-refractivity contribution in [3.05, 3.63) is 0 Å². The van der Waals surface area contributed by atoms with Crippen LogP contribution in [-0.2, 0) is 4.79 Å². The number of carbonyl (C=O) groups is 1. The summed E-state index contributed by atoms with van der Waals surface area (Å²) in [6.07, 6.45) is -2.25. The quantitative estimate of drug-likeness (QED) is 0.667. The summed E-state index contributed by atoms with van der Waals surface area (Å²) >= 11 is 0. The van der Waals surface area contributed by atoms with Gasteiger partial charge in [0.1, 0.15) is 0 Å². The van der Waals surface area contributed by atoms with Crippen LogP contribution < -0.4 is 5.32 Å². The van der Waals surface area contributed by atoms with Gasteiger partial charge in [-0.3, -0.25) is 4.79 Å². The molecule has 1 N–H and O–H groups in total. The highest BCUT2D eigenvalue weighted by atomic mass is 19.4. The third-order valence-corrected chi connectivity index (χ3v) is 3.53. The largest absolute Gasteiger partial charge is 0.391 e. The van der Waals surface area contributed by atoms with Gasteiger partial charge in [-0.2, -0.15) is 13.2 Å². The van der Waals surface area contributed by atoms with Gasteiger partial charge in [0.2, 0.25) is 5.91 Å². The van der Waals surface area contributed by atoms with Crippen molar-refractivity contribution < 1.29 is 18.0 Å². The molecule has 1 saturated heterocycles. The lowest BCUT2D eigenvalue weighted by Crippen LogP contribution is -2.49. The fourth-order valence-electron chi connectivity index (χ4n) is 2.67. The van der Waals surface area contributed by atoms with Crippen molar-refractivity contribution in [1.29, 1.82) is 0 Å². The van der Waals surface area contributed by atoms with Crippen molar-refractivity contribution in [2.24, 2.45) is 11.8 Å². The zero-order chi connectivity index (χ0) is 11.1. The van der Waals surface area contributed by atoms with Gasteiger partial charge in [0.25, 0.3) is 0 Å². The van der Waals surface area contributed by atoms with Crippen LogP contribution in [0.5, 0.6) is 0 Å². The molecule has 0 spiro atoms. The highest BCUT2D eigenvalue weighted by Gasteiger charge is 2.45. The van der Waals surface area contributed by atoms with Crippen LogP contribution in [0.2, 0.25) is 0 Å². The lowest BCUT2D eigenvalue weighted by Gasteiger charge is -2.39. The van der Waals surface area contributed by atoms with Gasteiger partial charge in [-0.25, -0.2) is 0 Å². The van der Waals surface area contributed by atoms with E-state index in [2.05, 4.69) is 5.32 Å². The van der Waals surface area contributed by atoms with Crippen LogP contribution in [0.1, 0.15) is 32.1 Å². The third kappa shape index (κ3) is 2.26. The van der Waals surface area contributed by atoms with Crippen LogP contribution in [0.15, 0.2) is 0 Å². The molecule has 1 aliphatic carbocycles. The lowest BCUT2D eigenvalue weighted by atomic mass is 9.74. The summed E-state index contributed by atoms with van der Waals surface area (Å²) in [5, 5.41) is 2.78. The molecule has 2 rings (SSSR count). The number of nitrogens with one attached hydrogen (secondary N) is 1. The summed E-state index contributed by atoms with van der Waals surface area (Å²) in [6, 6.07) is -0.00940. The topological polar surface area (TPSA) is 29.1 Å². The molecule has 0 aromatic carbocycles. The highest BCUT2D eigenvalue weighted by molar-refractivity contribution is 5.77. The Morgan fingerprint density at radius 1 is 1.20 bits per heavy atom. The Bertz CT molecular complexity index is 264. The first-order valence-electron chi connectivity index (χ1n) is 5.33. The Hall–Kier alpha value is -0.740. The molecule has 2 aliphatic rings. The van der Waals surface area contributed by atoms with E-state index in [0.29, 0.717) is 19.3 Å². The summed E-state index contributed by atoms with van der Waals surface area (Å²) in [6.45, 7) is 0. The van der Waals surface area contributed by atoms with E-state index < -0.39 is 12.1 Å². The first-order valence-corrected chi connectivity index (χ1v) is 5.33. The fourth-order valence-corrected chi connectivity index (χ4v) is 2.67. The SMILES string of the molecule is O=C1CCC2CC(C(F)(F)F)CCC2N1. The second-order valence-corrected chi connectivity index (χ2v) is 4.52. The number of fused-ring (bicyclic) bond motifs is 1. The number of hydrogen-bond acceptors (Lipinski definition) is 1. The number of hydrogen-bond donors (Lipinski definition) is 1. The van der Waals surface area contributed by atoms with Gasteiger partial charge >= 0.3 is 6.18 Å². The van der Waals surface area contributed by atoms with Gasteiger partial charge < -0.3 is 5.32 Å². The Balaban J connectivity index is 1.98. The van der Waals surface area contributed by atoms with Crippen molar-refractivity contribution in [1.82, 2.24) is 5.32 Å². The van der Waals surface area contributed by atoms with E-state index in [9.17, 15) is 18.0 Å². The van der Waals surface area contributed by atoms with E-state index >= 15 is 0 Å². The minimum Gasteiger partial charge on any atom is -0.353 e. The van der Waals surface area contributed by atoms with E-state index in [1.54, 1.807) is 0 Å². The third-order valence-electron chi connectivity index (χ3n) is 3.53. The molecular weight excluding hydrogens is 207 g/mol. The summed E-state index contributed by atoms with van der Waals surface area (Å²) in [5.41, 5.74) is 0. The van der Waals surface area contributed by atoms with Gasteiger partial charge in [-0.1, -0.05) is 0 Å². The molecule has 0 aromatic heterocycles. The number of halogens is 3. The molecule has 2 nitrogen and oxygen atoms in total. The zero-order valence-electron chi connectivity index (χ0n) is 8.31. The zero-order valence-corrected chi connectivity index (χ0v) is 8.31. The van der Waals surface area contributed by atoms with Gasteiger partial charge in [0.05, 0.1) is 5.92 Å². The minimum absolute atomic E-state index is 0.00940. The number of alkyl halides is 3. The molecule has 86 valence electrons. The summed E-state index contributed by atoms with van der Waals surface area (Å²) in [7, 11) is 0. The van der Waals surface area contributed by atoms with Gasteiger partial charge in [0.15, 0.2) is 0 Å². The van der Waals surface area contributed by atoms with Crippen LogP contribution in [0, 0.1) is 11.8 Å². The van der Waals surface area contributed by atoms with Crippen LogP contribution >= 0.6 is 0 Å². The van der Waals surface area contributed by atoms with Gasteiger partial charge in [0, 0.05) is 12.5 Å². The molecule has 0 aromatic rings. The highest BCUT2D eigenvalue weighted by Crippen LogP contribution is 2.42. The van der Waals surface area contributed by atoms with Crippen molar-refractivity contribution in [3.8, 4) is 0 Å². The number of rotatable bonds is 0. The average molecular weight is 221 g/mol. The predicted molar refractivity (Wildman–Crippen MR) is 48.1 cm³/mol. The maximum atomic E-state index is 12.5. The Labute approximate surface area is 86.2 Å². The summed E-state index contributed by atoms with van der Waals surface area (Å²) in [5.74, 6) is -1.14. The van der Waals surface area contributed by atoms with Crippen LogP contribution in [-0.4, -0.2) is 18.1 Å². The van der Waals surface area contributed by atoms with Gasteiger partial charge in [-0.05, 0) is 31.6 Å². The molecule has 5 heteroatoms. The molecule has 0 bridgehead atoms. The molecule has 15 heavy (non-hydrogen) atoms. The van der Waals surface area contributed by atoms with E-state index in [-0.39, 0.29) is 30.7 Å². The minimum atomic E-state index is -4.06. The number of piperidine rings is 1. The molecule has 1 amide bonds. The van der Waals surface area contributed by atoms with E-state index in [4.69, 9.17) is 0 Å². The van der Waals surface area contributed by atoms with Crippen molar-refractivity contribution >= 4 is 5.91 Å². The maximum Gasteiger partial charge on any atom is 0.391 e. The molecule has 3 atom stereocenters. The van der Waals surface area contributed by atoms with E-state index in [1.165, 1.54) is 0 Å². The molecular formula is C10H14F3NO. The van der Waals surface area contributed by atoms with Crippen molar-refractivity contribution in [2.75, 3.05) is 0 Å². The molecule has 3 unspecified atom stereocenters. The van der Waals surface area contributed by atoms with E-state index in [1.807, 2.05) is 0 Å². The standard InChI is InChI=1S/C10H14F3NO/c11-10(12,13)7-2-3-8-6(5-7)1-4-9(15)14-8/h6-8H,1-5H2,(H,14,15). The average Bonchev–Trinajstić information content (AvgIpc) is 2.15. The van der Waals surface area contributed by atoms with Crippen LogP contribution in [0.25, 0.3) is 0 Å². The van der Waals surface area contributed by atoms with Crippen molar-refractivity contribution in [2.45, 2.75) is 44.3 Å². The molecule has 1 aliphatic heterocycles. The predicted octanol–water partition coefficient (Wildman–Crippen LogP) is 2.24. The smallest absolute Gasteiger partial charge is 0.353 e. The van der Waals surface area contributed by atoms with Crippen molar-refractivity contribution in [3.63, 3.8) is 0 Å². The monoisotopic (exact) mass is 221 g/mol. The molecule has 1 saturated carbocycles. The summed E-state index contributed by atoms with van der Waals surface area (Å²) in [4.78, 5) is 11.1. The molecule has 0 radical (unpaired) electrons. The summed E-state index contributed by atoms with van der Waals surface area (Å²) < 4.78 is 37.5. The second kappa shape index (κ2) is 3.68. The lowest BCUT2D eigenvalue weighted by molar-refractivity contribution is -0.188. The maximum absolute atomic E-state index is 12.5. The first-order chi connectivity index (χ1) is 6.97. The van der Waals surface area contributed by atoms with Crippen LogP contribution in [0.4, 0.5) is 13.2 Å². The number of amides is 1. The fraction of sp³-hybridized carbons (Fsp3) is 0.900. The Morgan fingerprint density at radius 3 is 2.60 bits per heavy atom.